The van der Waals surface area contributed by atoms with Gasteiger partial charge in [-0.15, -0.1) is 0 Å². The van der Waals surface area contributed by atoms with Gasteiger partial charge in [0.2, 0.25) is 0 Å². The molecule has 0 aliphatic heterocycles. The lowest BCUT2D eigenvalue weighted by atomic mass is 10.2. The average molecular weight is 245 g/mol. The highest BCUT2D eigenvalue weighted by Crippen LogP contribution is 2.12. The fraction of sp³-hybridized carbons (Fsp3) is 0.231. The fourth-order valence-corrected chi connectivity index (χ4v) is 1.65. The zero-order valence-corrected chi connectivity index (χ0v) is 10.4. The third-order valence-corrected chi connectivity index (χ3v) is 2.64. The molecule has 0 spiro atoms. The normalized spacial score (nSPS) is 10.1. The van der Waals surface area contributed by atoms with Gasteiger partial charge in [0, 0.05) is 19.8 Å². The van der Waals surface area contributed by atoms with E-state index < -0.39 is 0 Å². The van der Waals surface area contributed by atoms with Crippen molar-refractivity contribution in [3.8, 4) is 5.75 Å². The largest absolute Gasteiger partial charge is 0.497 e. The molecule has 0 unspecified atom stereocenters. The maximum atomic E-state index is 11.9. The Bertz CT molecular complexity index is 549. The molecule has 0 aliphatic rings. The van der Waals surface area contributed by atoms with Crippen LogP contribution in [0.5, 0.6) is 5.75 Å². The van der Waals surface area contributed by atoms with Crippen molar-refractivity contribution < 1.29 is 9.53 Å². The molecule has 0 saturated heterocycles. The predicted molar refractivity (Wildman–Crippen MR) is 67.4 cm³/mol. The molecule has 0 aliphatic carbocycles. The van der Waals surface area contributed by atoms with Gasteiger partial charge in [-0.25, -0.2) is 0 Å². The standard InChI is InChI=1S/C13H15N3O2/c1-16-12(6-7-15-16)13(17)14-9-10-4-3-5-11(8-10)18-2/h3-8H,9H2,1-2H3,(H,14,17). The summed E-state index contributed by atoms with van der Waals surface area (Å²) in [5, 5.41) is 6.79. The van der Waals surface area contributed by atoms with E-state index in [9.17, 15) is 4.79 Å². The smallest absolute Gasteiger partial charge is 0.269 e. The minimum absolute atomic E-state index is 0.141. The number of ether oxygens (including phenoxy) is 1. The van der Waals surface area contributed by atoms with Crippen LogP contribution in [-0.4, -0.2) is 22.8 Å². The van der Waals surface area contributed by atoms with E-state index in [4.69, 9.17) is 4.74 Å². The van der Waals surface area contributed by atoms with Crippen LogP contribution in [0.1, 0.15) is 16.1 Å². The number of rotatable bonds is 4. The van der Waals surface area contributed by atoms with Gasteiger partial charge < -0.3 is 10.1 Å². The summed E-state index contributed by atoms with van der Waals surface area (Å²) in [5.74, 6) is 0.639. The van der Waals surface area contributed by atoms with E-state index in [0.29, 0.717) is 12.2 Å². The number of nitrogens with one attached hydrogen (secondary N) is 1. The minimum atomic E-state index is -0.141. The molecular weight excluding hydrogens is 230 g/mol. The Morgan fingerprint density at radius 2 is 2.28 bits per heavy atom. The number of hydrogen-bond acceptors (Lipinski definition) is 3. The first kappa shape index (κ1) is 12.2. The van der Waals surface area contributed by atoms with Crippen molar-refractivity contribution in [2.75, 3.05) is 7.11 Å². The fourth-order valence-electron chi connectivity index (χ4n) is 1.65. The van der Waals surface area contributed by atoms with Gasteiger partial charge in [0.25, 0.3) is 5.91 Å². The summed E-state index contributed by atoms with van der Waals surface area (Å²) in [6.07, 6.45) is 1.60. The highest BCUT2D eigenvalue weighted by Gasteiger charge is 2.08. The Balaban J connectivity index is 1.99. The van der Waals surface area contributed by atoms with Gasteiger partial charge >= 0.3 is 0 Å². The van der Waals surface area contributed by atoms with Gasteiger partial charge in [0.1, 0.15) is 11.4 Å². The lowest BCUT2D eigenvalue weighted by Gasteiger charge is -2.07. The Morgan fingerprint density at radius 3 is 2.94 bits per heavy atom. The van der Waals surface area contributed by atoms with Crippen LogP contribution >= 0.6 is 0 Å². The highest BCUT2D eigenvalue weighted by atomic mass is 16.5. The molecule has 2 rings (SSSR count). The Hall–Kier alpha value is -2.30. The summed E-state index contributed by atoms with van der Waals surface area (Å²) < 4.78 is 6.67. The maximum absolute atomic E-state index is 11.9. The molecule has 0 atom stereocenters. The third-order valence-electron chi connectivity index (χ3n) is 2.64. The molecule has 1 N–H and O–H groups in total. The molecular formula is C13H15N3O2. The Morgan fingerprint density at radius 1 is 1.44 bits per heavy atom. The van der Waals surface area contributed by atoms with Crippen molar-refractivity contribution in [1.82, 2.24) is 15.1 Å². The van der Waals surface area contributed by atoms with E-state index in [1.165, 1.54) is 0 Å². The number of aryl methyl sites for hydroxylation is 1. The van der Waals surface area contributed by atoms with Crippen molar-refractivity contribution in [2.24, 2.45) is 7.05 Å². The van der Waals surface area contributed by atoms with Crippen molar-refractivity contribution in [1.29, 1.82) is 0 Å². The number of carbonyl (C=O) groups is 1. The minimum Gasteiger partial charge on any atom is -0.497 e. The zero-order valence-electron chi connectivity index (χ0n) is 10.4. The summed E-state index contributed by atoms with van der Waals surface area (Å²) in [4.78, 5) is 11.9. The molecule has 0 saturated carbocycles. The van der Waals surface area contributed by atoms with E-state index in [2.05, 4.69) is 10.4 Å². The molecule has 18 heavy (non-hydrogen) atoms. The number of methoxy groups -OCH3 is 1. The van der Waals surface area contributed by atoms with E-state index in [-0.39, 0.29) is 5.91 Å². The van der Waals surface area contributed by atoms with Crippen LogP contribution in [0.2, 0.25) is 0 Å². The summed E-state index contributed by atoms with van der Waals surface area (Å²) in [6, 6.07) is 9.27. The second-order valence-corrected chi connectivity index (χ2v) is 3.87. The van der Waals surface area contributed by atoms with Crippen LogP contribution in [0, 0.1) is 0 Å². The molecule has 0 bridgehead atoms. The first-order valence-electron chi connectivity index (χ1n) is 5.60. The molecule has 94 valence electrons. The first-order chi connectivity index (χ1) is 8.70. The van der Waals surface area contributed by atoms with Crippen molar-refractivity contribution in [3.63, 3.8) is 0 Å². The number of amides is 1. The molecule has 1 aromatic heterocycles. The predicted octanol–water partition coefficient (Wildman–Crippen LogP) is 1.36. The van der Waals surface area contributed by atoms with Crippen LogP contribution in [0.25, 0.3) is 0 Å². The van der Waals surface area contributed by atoms with Crippen LogP contribution in [-0.2, 0) is 13.6 Å². The van der Waals surface area contributed by atoms with Gasteiger partial charge in [0.15, 0.2) is 0 Å². The molecule has 0 radical (unpaired) electrons. The zero-order chi connectivity index (χ0) is 13.0. The molecule has 1 aromatic carbocycles. The van der Waals surface area contributed by atoms with Crippen LogP contribution < -0.4 is 10.1 Å². The summed E-state index contributed by atoms with van der Waals surface area (Å²) in [5.41, 5.74) is 1.53. The second-order valence-electron chi connectivity index (χ2n) is 3.87. The number of benzene rings is 1. The number of hydrogen-bond donors (Lipinski definition) is 1. The summed E-state index contributed by atoms with van der Waals surface area (Å²) >= 11 is 0. The highest BCUT2D eigenvalue weighted by molar-refractivity contribution is 5.92. The lowest BCUT2D eigenvalue weighted by molar-refractivity contribution is 0.0941. The summed E-state index contributed by atoms with van der Waals surface area (Å²) in [7, 11) is 3.35. The molecule has 1 amide bonds. The monoisotopic (exact) mass is 245 g/mol. The SMILES string of the molecule is COc1cccc(CNC(=O)c2ccnn2C)c1. The molecule has 0 fully saturated rings. The molecule has 5 nitrogen and oxygen atoms in total. The Kier molecular flexibility index (Phi) is 3.62. The van der Waals surface area contributed by atoms with Crippen molar-refractivity contribution in [2.45, 2.75) is 6.54 Å². The number of carbonyl (C=O) groups excluding carboxylic acids is 1. The van der Waals surface area contributed by atoms with Gasteiger partial charge in [-0.2, -0.15) is 5.10 Å². The first-order valence-corrected chi connectivity index (χ1v) is 5.60. The van der Waals surface area contributed by atoms with E-state index in [0.717, 1.165) is 11.3 Å². The summed E-state index contributed by atoms with van der Waals surface area (Å²) in [6.45, 7) is 0.460. The third kappa shape index (κ3) is 2.68. The van der Waals surface area contributed by atoms with Crippen LogP contribution in [0.3, 0.4) is 0 Å². The van der Waals surface area contributed by atoms with E-state index in [1.807, 2.05) is 24.3 Å². The van der Waals surface area contributed by atoms with E-state index >= 15 is 0 Å². The topological polar surface area (TPSA) is 56.1 Å². The maximum Gasteiger partial charge on any atom is 0.269 e. The Labute approximate surface area is 105 Å². The molecule has 1 heterocycles. The van der Waals surface area contributed by atoms with E-state index in [1.54, 1.807) is 31.1 Å². The van der Waals surface area contributed by atoms with Gasteiger partial charge in [0.05, 0.1) is 7.11 Å². The number of nitrogens with zero attached hydrogens (tertiary/aromatic N) is 2. The van der Waals surface area contributed by atoms with Crippen molar-refractivity contribution in [3.05, 3.63) is 47.8 Å². The lowest BCUT2D eigenvalue weighted by Crippen LogP contribution is -2.25. The average Bonchev–Trinajstić information content (AvgIpc) is 2.82. The van der Waals surface area contributed by atoms with Gasteiger partial charge in [-0.3, -0.25) is 9.48 Å². The quantitative estimate of drug-likeness (QED) is 0.884. The van der Waals surface area contributed by atoms with Crippen molar-refractivity contribution >= 4 is 5.91 Å². The number of aromatic nitrogens is 2. The van der Waals surface area contributed by atoms with Crippen LogP contribution in [0.4, 0.5) is 0 Å². The molecule has 5 heteroatoms. The van der Waals surface area contributed by atoms with Gasteiger partial charge in [-0.05, 0) is 23.8 Å². The molecule has 2 aromatic rings. The van der Waals surface area contributed by atoms with Crippen LogP contribution in [0.15, 0.2) is 36.5 Å². The second kappa shape index (κ2) is 5.35. The van der Waals surface area contributed by atoms with Gasteiger partial charge in [-0.1, -0.05) is 12.1 Å².